The first-order valence-corrected chi connectivity index (χ1v) is 9.45. The number of likely N-dealkylation sites (tertiary alicyclic amines) is 1. The predicted octanol–water partition coefficient (Wildman–Crippen LogP) is 3.84. The van der Waals surface area contributed by atoms with Crippen LogP contribution in [0.3, 0.4) is 0 Å². The summed E-state index contributed by atoms with van der Waals surface area (Å²) >= 11 is 0. The first kappa shape index (κ1) is 16.8. The van der Waals surface area contributed by atoms with Gasteiger partial charge < -0.3 is 4.74 Å². The lowest BCUT2D eigenvalue weighted by atomic mass is 9.92. The summed E-state index contributed by atoms with van der Waals surface area (Å²) in [6, 6.07) is 5.42. The minimum Gasteiger partial charge on any atom is -0.494 e. The van der Waals surface area contributed by atoms with Crippen molar-refractivity contribution >= 4 is 0 Å². The van der Waals surface area contributed by atoms with Gasteiger partial charge in [0.25, 0.3) is 0 Å². The Labute approximate surface area is 141 Å². The van der Waals surface area contributed by atoms with E-state index in [4.69, 9.17) is 4.74 Å². The van der Waals surface area contributed by atoms with Gasteiger partial charge in [0.15, 0.2) is 0 Å². The van der Waals surface area contributed by atoms with Crippen molar-refractivity contribution in [2.24, 2.45) is 0 Å². The van der Waals surface area contributed by atoms with Gasteiger partial charge in [-0.2, -0.15) is 0 Å². The second kappa shape index (κ2) is 7.67. The molecular formula is C20H32N2O. The molecule has 0 aromatic heterocycles. The van der Waals surface area contributed by atoms with Crippen molar-refractivity contribution < 1.29 is 4.74 Å². The minimum atomic E-state index is 0.647. The Hall–Kier alpha value is -1.06. The number of benzene rings is 1. The fourth-order valence-electron chi connectivity index (χ4n) is 4.07. The predicted molar refractivity (Wildman–Crippen MR) is 96.0 cm³/mol. The molecule has 0 saturated carbocycles. The summed E-state index contributed by atoms with van der Waals surface area (Å²) in [6.45, 7) is 13.2. The molecule has 0 N–H and O–H groups in total. The summed E-state index contributed by atoms with van der Waals surface area (Å²) in [4.78, 5) is 5.15. The van der Waals surface area contributed by atoms with Crippen LogP contribution in [0.15, 0.2) is 12.1 Å². The highest BCUT2D eigenvalue weighted by molar-refractivity contribution is 5.44. The molecule has 3 nitrogen and oxygen atoms in total. The first-order chi connectivity index (χ1) is 11.2. The molecule has 1 aromatic carbocycles. The Kier molecular flexibility index (Phi) is 5.60. The van der Waals surface area contributed by atoms with Gasteiger partial charge in [0, 0.05) is 24.7 Å². The van der Waals surface area contributed by atoms with Gasteiger partial charge in [-0.3, -0.25) is 9.80 Å². The van der Waals surface area contributed by atoms with E-state index in [9.17, 15) is 0 Å². The summed E-state index contributed by atoms with van der Waals surface area (Å²) in [5.41, 5.74) is 4.40. The number of likely N-dealkylation sites (N-methyl/N-ethyl adjacent to an activating group) is 1. The van der Waals surface area contributed by atoms with Crippen LogP contribution in [0.4, 0.5) is 0 Å². The van der Waals surface area contributed by atoms with E-state index in [0.29, 0.717) is 6.04 Å². The topological polar surface area (TPSA) is 15.7 Å². The number of hydrogen-bond acceptors (Lipinski definition) is 3. The van der Waals surface area contributed by atoms with Crippen molar-refractivity contribution in [1.29, 1.82) is 0 Å². The molecule has 0 aliphatic carbocycles. The van der Waals surface area contributed by atoms with Gasteiger partial charge in [0.1, 0.15) is 5.75 Å². The molecule has 1 atom stereocenters. The van der Waals surface area contributed by atoms with Gasteiger partial charge in [0.2, 0.25) is 0 Å². The lowest BCUT2D eigenvalue weighted by Crippen LogP contribution is -2.38. The van der Waals surface area contributed by atoms with Crippen LogP contribution < -0.4 is 4.74 Å². The van der Waals surface area contributed by atoms with E-state index in [0.717, 1.165) is 32.0 Å². The van der Waals surface area contributed by atoms with E-state index < -0.39 is 0 Å². The van der Waals surface area contributed by atoms with Crippen molar-refractivity contribution in [3.05, 3.63) is 28.8 Å². The van der Waals surface area contributed by atoms with Crippen LogP contribution >= 0.6 is 0 Å². The number of nitrogens with zero attached hydrogens (tertiary/aromatic N) is 2. The van der Waals surface area contributed by atoms with Crippen molar-refractivity contribution in [2.45, 2.75) is 65.6 Å². The molecule has 1 unspecified atom stereocenters. The lowest BCUT2D eigenvalue weighted by Gasteiger charge is -2.35. The number of hydrogen-bond donors (Lipinski definition) is 0. The summed E-state index contributed by atoms with van der Waals surface area (Å²) in [7, 11) is 0. The molecule has 3 rings (SSSR count). The third-order valence-electron chi connectivity index (χ3n) is 5.44. The van der Waals surface area contributed by atoms with Crippen molar-refractivity contribution in [2.75, 3.05) is 26.2 Å². The Morgan fingerprint density at radius 2 is 1.87 bits per heavy atom. The molecule has 23 heavy (non-hydrogen) atoms. The monoisotopic (exact) mass is 316 g/mol. The summed E-state index contributed by atoms with van der Waals surface area (Å²) in [5.74, 6) is 1.11. The molecule has 1 fully saturated rings. The van der Waals surface area contributed by atoms with Crippen LogP contribution in [-0.4, -0.2) is 42.1 Å². The summed E-state index contributed by atoms with van der Waals surface area (Å²) in [5, 5.41) is 0. The fourth-order valence-corrected chi connectivity index (χ4v) is 4.07. The third kappa shape index (κ3) is 3.89. The van der Waals surface area contributed by atoms with Crippen molar-refractivity contribution in [3.63, 3.8) is 0 Å². The van der Waals surface area contributed by atoms with Gasteiger partial charge in [0.05, 0.1) is 6.61 Å². The maximum Gasteiger partial charge on any atom is 0.124 e. The van der Waals surface area contributed by atoms with Crippen molar-refractivity contribution in [3.8, 4) is 5.75 Å². The van der Waals surface area contributed by atoms with Crippen LogP contribution in [0.2, 0.25) is 0 Å². The SMILES string of the molecule is CCOc1cc2c(cc1CN1CCCCC1)CC(C)N(CC)C2. The molecule has 0 radical (unpaired) electrons. The smallest absolute Gasteiger partial charge is 0.124 e. The molecule has 1 aromatic rings. The average molecular weight is 316 g/mol. The summed E-state index contributed by atoms with van der Waals surface area (Å²) < 4.78 is 6.00. The zero-order valence-corrected chi connectivity index (χ0v) is 15.1. The molecule has 128 valence electrons. The molecular weight excluding hydrogens is 284 g/mol. The number of ether oxygens (including phenoxy) is 1. The molecule has 3 heteroatoms. The highest BCUT2D eigenvalue weighted by Gasteiger charge is 2.24. The fraction of sp³-hybridized carbons (Fsp3) is 0.700. The second-order valence-corrected chi connectivity index (χ2v) is 7.11. The molecule has 2 aliphatic heterocycles. The zero-order chi connectivity index (χ0) is 16.2. The van der Waals surface area contributed by atoms with Crippen LogP contribution in [0.25, 0.3) is 0 Å². The minimum absolute atomic E-state index is 0.647. The average Bonchev–Trinajstić information content (AvgIpc) is 2.56. The van der Waals surface area contributed by atoms with Gasteiger partial charge in [-0.15, -0.1) is 0 Å². The largest absolute Gasteiger partial charge is 0.494 e. The lowest BCUT2D eigenvalue weighted by molar-refractivity contribution is 0.193. The maximum atomic E-state index is 6.00. The normalized spacial score (nSPS) is 22.8. The van der Waals surface area contributed by atoms with Crippen LogP contribution in [0, 0.1) is 0 Å². The van der Waals surface area contributed by atoms with Gasteiger partial charge >= 0.3 is 0 Å². The summed E-state index contributed by atoms with van der Waals surface area (Å²) in [6.07, 6.45) is 5.25. The Morgan fingerprint density at radius 1 is 1.09 bits per heavy atom. The van der Waals surface area contributed by atoms with Gasteiger partial charge in [-0.1, -0.05) is 19.4 Å². The maximum absolute atomic E-state index is 6.00. The second-order valence-electron chi connectivity index (χ2n) is 7.11. The van der Waals surface area contributed by atoms with E-state index in [-0.39, 0.29) is 0 Å². The standard InChI is InChI=1S/C20H32N2O/c1-4-22-15-18-13-20(23-5-2)19(12-17(18)11-16(22)3)14-21-9-7-6-8-10-21/h12-13,16H,4-11,14-15H2,1-3H3. The van der Waals surface area contributed by atoms with Gasteiger partial charge in [-0.25, -0.2) is 0 Å². The molecule has 2 heterocycles. The quantitative estimate of drug-likeness (QED) is 0.821. The number of rotatable bonds is 5. The van der Waals surface area contributed by atoms with Gasteiger partial charge in [-0.05, 0) is 69.9 Å². The Morgan fingerprint density at radius 3 is 2.57 bits per heavy atom. The van der Waals surface area contributed by atoms with E-state index in [1.165, 1.54) is 55.5 Å². The Bertz CT molecular complexity index is 523. The highest BCUT2D eigenvalue weighted by Crippen LogP contribution is 2.31. The van der Waals surface area contributed by atoms with Crippen molar-refractivity contribution in [1.82, 2.24) is 9.80 Å². The Balaban J connectivity index is 1.84. The van der Waals surface area contributed by atoms with Crippen LogP contribution in [0.5, 0.6) is 5.75 Å². The molecule has 1 saturated heterocycles. The first-order valence-electron chi connectivity index (χ1n) is 9.45. The third-order valence-corrected chi connectivity index (χ3v) is 5.44. The molecule has 0 bridgehead atoms. The van der Waals surface area contributed by atoms with Crippen LogP contribution in [0.1, 0.15) is 56.7 Å². The molecule has 0 amide bonds. The van der Waals surface area contributed by atoms with E-state index >= 15 is 0 Å². The zero-order valence-electron chi connectivity index (χ0n) is 15.1. The van der Waals surface area contributed by atoms with Crippen LogP contribution in [-0.2, 0) is 19.5 Å². The number of fused-ring (bicyclic) bond motifs is 1. The van der Waals surface area contributed by atoms with E-state index in [2.05, 4.69) is 42.7 Å². The van der Waals surface area contributed by atoms with E-state index in [1.807, 2.05) is 0 Å². The highest BCUT2D eigenvalue weighted by atomic mass is 16.5. The molecule has 2 aliphatic rings. The number of piperidine rings is 1. The molecule has 0 spiro atoms. The van der Waals surface area contributed by atoms with E-state index in [1.54, 1.807) is 0 Å².